The lowest BCUT2D eigenvalue weighted by atomic mass is 10.1. The van der Waals surface area contributed by atoms with Crippen LogP contribution < -0.4 is 5.32 Å². The predicted molar refractivity (Wildman–Crippen MR) is 73.3 cm³/mol. The van der Waals surface area contributed by atoms with Gasteiger partial charge < -0.3 is 10.4 Å². The lowest BCUT2D eigenvalue weighted by Crippen LogP contribution is -2.48. The number of halogens is 1. The number of rotatable bonds is 5. The van der Waals surface area contributed by atoms with E-state index in [1.165, 1.54) is 24.1 Å². The molecule has 1 aliphatic heterocycles. The normalized spacial score (nSPS) is 23.2. The first-order valence-electron chi connectivity index (χ1n) is 6.20. The molecule has 1 aromatic rings. The van der Waals surface area contributed by atoms with Gasteiger partial charge in [-0.1, -0.05) is 0 Å². The van der Waals surface area contributed by atoms with Crippen molar-refractivity contribution < 1.29 is 19.1 Å². The lowest BCUT2D eigenvalue weighted by Gasteiger charge is -2.33. The highest BCUT2D eigenvalue weighted by Gasteiger charge is 2.29. The van der Waals surface area contributed by atoms with Crippen LogP contribution in [0.2, 0.25) is 0 Å². The molecule has 1 saturated heterocycles. The van der Waals surface area contributed by atoms with Gasteiger partial charge in [0.2, 0.25) is 6.41 Å². The van der Waals surface area contributed by atoms with Crippen molar-refractivity contribution in [2.45, 2.75) is 23.5 Å². The van der Waals surface area contributed by atoms with Gasteiger partial charge >= 0.3 is 5.97 Å². The van der Waals surface area contributed by atoms with Crippen LogP contribution in [0.1, 0.15) is 16.8 Å². The molecular formula is C13H15FN2O3S. The molecule has 2 rings (SSSR count). The van der Waals surface area contributed by atoms with Crippen LogP contribution in [0.5, 0.6) is 0 Å². The molecule has 1 heterocycles. The quantitative estimate of drug-likeness (QED) is 0.637. The molecule has 0 bridgehead atoms. The van der Waals surface area contributed by atoms with E-state index in [1.54, 1.807) is 12.1 Å². The summed E-state index contributed by atoms with van der Waals surface area (Å²) in [7, 11) is 0. The molecule has 0 spiro atoms. The number of carboxylic acids is 1. The highest BCUT2D eigenvalue weighted by molar-refractivity contribution is 7.97. The van der Waals surface area contributed by atoms with Crippen molar-refractivity contribution >= 4 is 24.3 Å². The van der Waals surface area contributed by atoms with Crippen molar-refractivity contribution in [2.24, 2.45) is 0 Å². The van der Waals surface area contributed by atoms with Crippen LogP contribution in [-0.2, 0) is 4.79 Å². The Balaban J connectivity index is 1.91. The third kappa shape index (κ3) is 3.71. The summed E-state index contributed by atoms with van der Waals surface area (Å²) in [5.74, 6) is -0.967. The second-order valence-electron chi connectivity index (χ2n) is 4.50. The Hall–Kier alpha value is -1.60. The SMILES string of the molecule is O=CNC1CCN(Sc2ccc(C(=O)O)cc2)CC1F. The number of carboxylic acid groups (broad SMARTS) is 1. The number of piperidine rings is 1. The molecule has 7 heteroatoms. The van der Waals surface area contributed by atoms with Crippen LogP contribution in [0.3, 0.4) is 0 Å². The Bertz CT molecular complexity index is 483. The number of carbonyl (C=O) groups is 2. The summed E-state index contributed by atoms with van der Waals surface area (Å²) < 4.78 is 15.7. The van der Waals surface area contributed by atoms with Gasteiger partial charge in [0.15, 0.2) is 0 Å². The van der Waals surface area contributed by atoms with E-state index in [0.717, 1.165) is 4.90 Å². The first-order valence-corrected chi connectivity index (χ1v) is 6.97. The zero-order valence-corrected chi connectivity index (χ0v) is 11.5. The number of amides is 1. The van der Waals surface area contributed by atoms with Gasteiger partial charge in [-0.15, -0.1) is 0 Å². The summed E-state index contributed by atoms with van der Waals surface area (Å²) in [4.78, 5) is 21.9. The van der Waals surface area contributed by atoms with Crippen LogP contribution in [0.4, 0.5) is 4.39 Å². The number of nitrogens with one attached hydrogen (secondary N) is 1. The smallest absolute Gasteiger partial charge is 0.335 e. The van der Waals surface area contributed by atoms with Gasteiger partial charge in [0.25, 0.3) is 0 Å². The third-order valence-electron chi connectivity index (χ3n) is 3.12. The van der Waals surface area contributed by atoms with Crippen LogP contribution in [0.15, 0.2) is 29.2 Å². The number of benzene rings is 1. The summed E-state index contributed by atoms with van der Waals surface area (Å²) in [5, 5.41) is 11.3. The number of hydrogen-bond acceptors (Lipinski definition) is 4. The van der Waals surface area contributed by atoms with Crippen LogP contribution in [0.25, 0.3) is 0 Å². The predicted octanol–water partition coefficient (Wildman–Crippen LogP) is 1.55. The minimum atomic E-state index is -1.10. The Labute approximate surface area is 120 Å². The zero-order chi connectivity index (χ0) is 14.5. The Morgan fingerprint density at radius 2 is 2.15 bits per heavy atom. The zero-order valence-electron chi connectivity index (χ0n) is 10.7. The maximum Gasteiger partial charge on any atom is 0.335 e. The molecule has 2 atom stereocenters. The van der Waals surface area contributed by atoms with Crippen molar-refractivity contribution in [2.75, 3.05) is 13.1 Å². The molecule has 1 amide bonds. The van der Waals surface area contributed by atoms with E-state index >= 15 is 0 Å². The Morgan fingerprint density at radius 3 is 2.70 bits per heavy atom. The number of aromatic carboxylic acids is 1. The minimum Gasteiger partial charge on any atom is -0.478 e. The van der Waals surface area contributed by atoms with Gasteiger partial charge in [0, 0.05) is 18.0 Å². The topological polar surface area (TPSA) is 69.6 Å². The number of alkyl halides is 1. The molecule has 0 radical (unpaired) electrons. The summed E-state index contributed by atoms with van der Waals surface area (Å²) in [6.45, 7) is 0.897. The van der Waals surface area contributed by atoms with E-state index in [-0.39, 0.29) is 12.1 Å². The van der Waals surface area contributed by atoms with Crippen LogP contribution in [0, 0.1) is 0 Å². The standard InChI is InChI=1S/C13H15FN2O3S/c14-11-7-16(6-5-12(11)15-8-17)20-10-3-1-9(2-4-10)13(18)19/h1-4,8,11-12H,5-7H2,(H,15,17)(H,18,19). The summed E-state index contributed by atoms with van der Waals surface area (Å²) in [6.07, 6.45) is -0.00937. The monoisotopic (exact) mass is 298 g/mol. The summed E-state index contributed by atoms with van der Waals surface area (Å²) >= 11 is 1.39. The second kappa shape index (κ2) is 6.71. The van der Waals surface area contributed by atoms with Crippen molar-refractivity contribution in [3.05, 3.63) is 29.8 Å². The molecule has 5 nitrogen and oxygen atoms in total. The Kier molecular flexibility index (Phi) is 4.97. The molecule has 0 aromatic heterocycles. The molecule has 1 fully saturated rings. The fourth-order valence-corrected chi connectivity index (χ4v) is 3.01. The largest absolute Gasteiger partial charge is 0.478 e. The fourth-order valence-electron chi connectivity index (χ4n) is 2.04. The summed E-state index contributed by atoms with van der Waals surface area (Å²) in [5.41, 5.74) is 0.228. The van der Waals surface area contributed by atoms with E-state index in [0.29, 0.717) is 19.4 Å². The molecule has 20 heavy (non-hydrogen) atoms. The third-order valence-corrected chi connectivity index (χ3v) is 4.19. The van der Waals surface area contributed by atoms with Crippen molar-refractivity contribution in [1.29, 1.82) is 0 Å². The molecule has 0 saturated carbocycles. The minimum absolute atomic E-state index is 0.228. The lowest BCUT2D eigenvalue weighted by molar-refractivity contribution is -0.110. The number of hydrogen-bond donors (Lipinski definition) is 2. The fraction of sp³-hybridized carbons (Fsp3) is 0.385. The van der Waals surface area contributed by atoms with E-state index < -0.39 is 18.2 Å². The Morgan fingerprint density at radius 1 is 1.45 bits per heavy atom. The molecule has 1 aromatic carbocycles. The van der Waals surface area contributed by atoms with Gasteiger partial charge in [-0.25, -0.2) is 13.5 Å². The molecular weight excluding hydrogens is 283 g/mol. The first kappa shape index (κ1) is 14.8. The highest BCUT2D eigenvalue weighted by Crippen LogP contribution is 2.27. The van der Waals surface area contributed by atoms with E-state index in [2.05, 4.69) is 5.32 Å². The van der Waals surface area contributed by atoms with Crippen molar-refractivity contribution in [3.63, 3.8) is 0 Å². The molecule has 108 valence electrons. The highest BCUT2D eigenvalue weighted by atomic mass is 32.2. The number of nitrogens with zero attached hydrogens (tertiary/aromatic N) is 1. The summed E-state index contributed by atoms with van der Waals surface area (Å²) in [6, 6.07) is 6.05. The van der Waals surface area contributed by atoms with Gasteiger partial charge in [-0.3, -0.25) is 4.79 Å². The molecule has 1 aliphatic rings. The maximum atomic E-state index is 13.8. The van der Waals surface area contributed by atoms with E-state index in [4.69, 9.17) is 5.11 Å². The molecule has 2 unspecified atom stereocenters. The molecule has 0 aliphatic carbocycles. The average Bonchev–Trinajstić information content (AvgIpc) is 2.42. The molecule has 2 N–H and O–H groups in total. The van der Waals surface area contributed by atoms with Crippen LogP contribution >= 0.6 is 11.9 Å². The average molecular weight is 298 g/mol. The van der Waals surface area contributed by atoms with Gasteiger partial charge in [-0.2, -0.15) is 0 Å². The van der Waals surface area contributed by atoms with Crippen molar-refractivity contribution in [1.82, 2.24) is 9.62 Å². The first-order chi connectivity index (χ1) is 9.60. The second-order valence-corrected chi connectivity index (χ2v) is 5.67. The number of carbonyl (C=O) groups excluding carboxylic acids is 1. The van der Waals surface area contributed by atoms with Crippen LogP contribution in [-0.4, -0.2) is 47.1 Å². The van der Waals surface area contributed by atoms with Gasteiger partial charge in [0.05, 0.1) is 11.6 Å². The maximum absolute atomic E-state index is 13.8. The van der Waals surface area contributed by atoms with Gasteiger partial charge in [-0.05, 0) is 42.6 Å². The van der Waals surface area contributed by atoms with E-state index in [1.807, 2.05) is 4.31 Å². The van der Waals surface area contributed by atoms with E-state index in [9.17, 15) is 14.0 Å². The van der Waals surface area contributed by atoms with Crippen molar-refractivity contribution in [3.8, 4) is 0 Å². The van der Waals surface area contributed by atoms with Gasteiger partial charge in [0.1, 0.15) is 6.17 Å².